The number of aryl methyl sites for hydroxylation is 1. The van der Waals surface area contributed by atoms with Crippen LogP contribution in [0.2, 0.25) is 0 Å². The minimum absolute atomic E-state index is 0. The molecule has 0 bridgehead atoms. The van der Waals surface area contributed by atoms with Crippen molar-refractivity contribution in [3.8, 4) is 22.3 Å². The van der Waals surface area contributed by atoms with Crippen LogP contribution in [0, 0.1) is 0 Å². The first-order valence-corrected chi connectivity index (χ1v) is 12.8. The van der Waals surface area contributed by atoms with Gasteiger partial charge in [-0.05, 0) is 71.2 Å². The standard InChI is InChI=1S/C30H33N3O.2ClH/c34-30(22-12-13-26-24-8-3-4-9-25(24)28(26)20-22)32-15-5-10-29(33-18-16-31-17-19-33)27-14-11-21-6-1-2-7-23(21)27;;/h1-4,6-9,12-13,20,27,29,31H,5,10-11,14-19H2,(H,32,34);2*1H. The van der Waals surface area contributed by atoms with Crippen LogP contribution in [-0.2, 0) is 6.42 Å². The Labute approximate surface area is 226 Å². The molecule has 2 atom stereocenters. The van der Waals surface area contributed by atoms with Gasteiger partial charge in [-0.2, -0.15) is 0 Å². The number of fused-ring (bicyclic) bond motifs is 5. The van der Waals surface area contributed by atoms with E-state index < -0.39 is 0 Å². The van der Waals surface area contributed by atoms with E-state index >= 15 is 0 Å². The summed E-state index contributed by atoms with van der Waals surface area (Å²) in [5.74, 6) is 0.648. The fourth-order valence-electron chi connectivity index (χ4n) is 6.29. The van der Waals surface area contributed by atoms with Crippen LogP contribution in [0.5, 0.6) is 0 Å². The third kappa shape index (κ3) is 5.05. The molecule has 2 unspecified atom stereocenters. The van der Waals surface area contributed by atoms with Gasteiger partial charge in [-0.25, -0.2) is 0 Å². The molecule has 1 amide bonds. The Morgan fingerprint density at radius 1 is 0.917 bits per heavy atom. The molecule has 36 heavy (non-hydrogen) atoms. The third-order valence-corrected chi connectivity index (χ3v) is 8.02. The van der Waals surface area contributed by atoms with Crippen LogP contribution >= 0.6 is 24.8 Å². The fourth-order valence-corrected chi connectivity index (χ4v) is 6.29. The second kappa shape index (κ2) is 11.8. The van der Waals surface area contributed by atoms with Crippen LogP contribution in [0.3, 0.4) is 0 Å². The molecule has 1 saturated heterocycles. The van der Waals surface area contributed by atoms with E-state index in [9.17, 15) is 4.79 Å². The Morgan fingerprint density at radius 2 is 1.61 bits per heavy atom. The van der Waals surface area contributed by atoms with Gasteiger partial charge in [-0.1, -0.05) is 54.6 Å². The molecular weight excluding hydrogens is 489 g/mol. The van der Waals surface area contributed by atoms with Crippen molar-refractivity contribution < 1.29 is 4.79 Å². The highest BCUT2D eigenvalue weighted by Gasteiger charge is 2.33. The van der Waals surface area contributed by atoms with Gasteiger partial charge < -0.3 is 10.6 Å². The Bertz CT molecular complexity index is 1210. The number of nitrogens with zero attached hydrogens (tertiary/aromatic N) is 1. The predicted octanol–water partition coefficient (Wildman–Crippen LogP) is 5.69. The highest BCUT2D eigenvalue weighted by molar-refractivity contribution is 6.05. The number of hydrogen-bond donors (Lipinski definition) is 2. The average molecular weight is 525 g/mol. The highest BCUT2D eigenvalue weighted by atomic mass is 35.5. The summed E-state index contributed by atoms with van der Waals surface area (Å²) in [6.07, 6.45) is 4.57. The van der Waals surface area contributed by atoms with Crippen molar-refractivity contribution in [2.75, 3.05) is 32.7 Å². The van der Waals surface area contributed by atoms with Gasteiger partial charge in [0.25, 0.3) is 5.91 Å². The van der Waals surface area contributed by atoms with Crippen LogP contribution in [-0.4, -0.2) is 49.6 Å². The lowest BCUT2D eigenvalue weighted by Crippen LogP contribution is -2.50. The van der Waals surface area contributed by atoms with E-state index in [4.69, 9.17) is 0 Å². The van der Waals surface area contributed by atoms with Gasteiger partial charge in [0, 0.05) is 50.2 Å². The van der Waals surface area contributed by atoms with Gasteiger partial charge in [-0.3, -0.25) is 9.69 Å². The number of carbonyl (C=O) groups excluding carboxylic acids is 1. The van der Waals surface area contributed by atoms with Crippen LogP contribution in [0.1, 0.15) is 46.7 Å². The van der Waals surface area contributed by atoms with Gasteiger partial charge in [0.2, 0.25) is 0 Å². The molecular formula is C30H35Cl2N3O. The molecule has 190 valence electrons. The summed E-state index contributed by atoms with van der Waals surface area (Å²) in [5.41, 5.74) is 8.83. The number of hydrogen-bond acceptors (Lipinski definition) is 3. The summed E-state index contributed by atoms with van der Waals surface area (Å²) < 4.78 is 0. The quantitative estimate of drug-likeness (QED) is 0.305. The topological polar surface area (TPSA) is 44.4 Å². The van der Waals surface area contributed by atoms with Gasteiger partial charge in [0.15, 0.2) is 0 Å². The second-order valence-electron chi connectivity index (χ2n) is 9.90. The lowest BCUT2D eigenvalue weighted by Gasteiger charge is -2.39. The maximum Gasteiger partial charge on any atom is 0.251 e. The molecule has 6 rings (SSSR count). The van der Waals surface area contributed by atoms with Gasteiger partial charge >= 0.3 is 0 Å². The van der Waals surface area contributed by atoms with Crippen molar-refractivity contribution in [2.45, 2.75) is 37.6 Å². The van der Waals surface area contributed by atoms with Crippen LogP contribution in [0.4, 0.5) is 0 Å². The van der Waals surface area contributed by atoms with E-state index in [0.717, 1.165) is 51.1 Å². The van der Waals surface area contributed by atoms with E-state index in [-0.39, 0.29) is 30.7 Å². The number of rotatable bonds is 7. The molecule has 2 N–H and O–H groups in total. The van der Waals surface area contributed by atoms with Crippen molar-refractivity contribution in [1.82, 2.24) is 15.5 Å². The number of piperazine rings is 1. The molecule has 0 spiro atoms. The highest BCUT2D eigenvalue weighted by Crippen LogP contribution is 2.47. The van der Waals surface area contributed by atoms with Crippen molar-refractivity contribution >= 4 is 30.7 Å². The van der Waals surface area contributed by atoms with E-state index in [0.29, 0.717) is 12.0 Å². The summed E-state index contributed by atoms with van der Waals surface area (Å²) >= 11 is 0. The van der Waals surface area contributed by atoms with Gasteiger partial charge in [-0.15, -0.1) is 24.8 Å². The first-order chi connectivity index (χ1) is 16.8. The Morgan fingerprint density at radius 3 is 2.42 bits per heavy atom. The average Bonchev–Trinajstić information content (AvgIpc) is 3.31. The van der Waals surface area contributed by atoms with Crippen molar-refractivity contribution in [1.29, 1.82) is 0 Å². The first-order valence-electron chi connectivity index (χ1n) is 12.8. The minimum atomic E-state index is 0. The molecule has 0 aromatic heterocycles. The lowest BCUT2D eigenvalue weighted by atomic mass is 9.80. The smallest absolute Gasteiger partial charge is 0.251 e. The molecule has 3 aliphatic rings. The van der Waals surface area contributed by atoms with Crippen molar-refractivity contribution in [2.24, 2.45) is 0 Å². The van der Waals surface area contributed by atoms with Gasteiger partial charge in [0.1, 0.15) is 0 Å². The van der Waals surface area contributed by atoms with E-state index in [2.05, 4.69) is 70.1 Å². The molecule has 0 radical (unpaired) electrons. The van der Waals surface area contributed by atoms with E-state index in [1.165, 1.54) is 40.7 Å². The molecule has 2 aliphatic carbocycles. The molecule has 3 aromatic rings. The van der Waals surface area contributed by atoms with Crippen LogP contribution in [0.15, 0.2) is 66.7 Å². The molecule has 6 heteroatoms. The number of amides is 1. The molecule has 1 fully saturated rings. The second-order valence-corrected chi connectivity index (χ2v) is 9.90. The summed E-state index contributed by atoms with van der Waals surface area (Å²) in [6.45, 7) is 5.11. The molecule has 4 nitrogen and oxygen atoms in total. The fraction of sp³-hybridized carbons (Fsp3) is 0.367. The lowest BCUT2D eigenvalue weighted by molar-refractivity contribution is 0.0949. The van der Waals surface area contributed by atoms with Crippen LogP contribution < -0.4 is 10.6 Å². The van der Waals surface area contributed by atoms with Crippen molar-refractivity contribution in [3.63, 3.8) is 0 Å². The first kappa shape index (κ1) is 26.7. The summed E-state index contributed by atoms with van der Waals surface area (Å²) in [5, 5.41) is 6.69. The summed E-state index contributed by atoms with van der Waals surface area (Å²) in [6, 6.07) is 24.1. The Kier molecular flexibility index (Phi) is 8.74. The monoisotopic (exact) mass is 523 g/mol. The third-order valence-electron chi connectivity index (χ3n) is 8.02. The number of nitrogens with one attached hydrogen (secondary N) is 2. The molecule has 1 heterocycles. The predicted molar refractivity (Wildman–Crippen MR) is 153 cm³/mol. The maximum atomic E-state index is 12.9. The zero-order valence-electron chi connectivity index (χ0n) is 20.5. The zero-order valence-corrected chi connectivity index (χ0v) is 22.2. The minimum Gasteiger partial charge on any atom is -0.352 e. The van der Waals surface area contributed by atoms with Gasteiger partial charge in [0.05, 0.1) is 0 Å². The Hall–Kier alpha value is -2.37. The van der Waals surface area contributed by atoms with Crippen LogP contribution in [0.25, 0.3) is 22.3 Å². The normalized spacial score (nSPS) is 18.4. The van der Waals surface area contributed by atoms with E-state index in [1.807, 2.05) is 12.1 Å². The zero-order chi connectivity index (χ0) is 22.9. The summed E-state index contributed by atoms with van der Waals surface area (Å²) in [4.78, 5) is 15.6. The summed E-state index contributed by atoms with van der Waals surface area (Å²) in [7, 11) is 0. The molecule has 3 aromatic carbocycles. The number of carbonyl (C=O) groups is 1. The van der Waals surface area contributed by atoms with Crippen molar-refractivity contribution in [3.05, 3.63) is 83.4 Å². The molecule has 1 aliphatic heterocycles. The number of benzene rings is 3. The SMILES string of the molecule is Cl.Cl.O=C(NCCCC(C1CCc2ccccc21)N1CCNCC1)c1ccc2c(c1)-c1ccccc1-2. The maximum absolute atomic E-state index is 12.9. The largest absolute Gasteiger partial charge is 0.352 e. The number of halogens is 2. The molecule has 0 saturated carbocycles. The van der Waals surface area contributed by atoms with E-state index in [1.54, 1.807) is 5.56 Å². The Balaban J connectivity index is 0.00000152.